The van der Waals surface area contributed by atoms with Crippen molar-refractivity contribution in [1.29, 1.82) is 0 Å². The first-order chi connectivity index (χ1) is 18.6. The summed E-state index contributed by atoms with van der Waals surface area (Å²) in [5, 5.41) is 0.548. The first kappa shape index (κ1) is 26.5. The number of anilines is 1. The number of methoxy groups -OCH3 is 1. The van der Waals surface area contributed by atoms with Gasteiger partial charge in [0.15, 0.2) is 5.82 Å². The molecule has 2 aromatic heterocycles. The molecule has 0 unspecified atom stereocenters. The minimum absolute atomic E-state index is 0. The second-order valence-electron chi connectivity index (χ2n) is 9.81. The summed E-state index contributed by atoms with van der Waals surface area (Å²) < 4.78 is 61.6. The lowest BCUT2D eigenvalue weighted by atomic mass is 9.93. The van der Waals surface area contributed by atoms with E-state index in [1.807, 2.05) is 38.1 Å². The van der Waals surface area contributed by atoms with Crippen LogP contribution in [0.3, 0.4) is 0 Å². The number of H-pyrrole nitrogens is 1. The molecular formula is C29H30F4N4O2. The molecule has 0 bridgehead atoms. The van der Waals surface area contributed by atoms with E-state index in [0.29, 0.717) is 16.7 Å². The number of piperazine rings is 1. The predicted octanol–water partition coefficient (Wildman–Crippen LogP) is 6.73. The Labute approximate surface area is 224 Å². The van der Waals surface area contributed by atoms with E-state index in [1.165, 1.54) is 17.2 Å². The van der Waals surface area contributed by atoms with Crippen LogP contribution in [0.5, 0.6) is 5.75 Å². The number of nitrogens with one attached hydrogen (secondary N) is 1. The average molecular weight is 543 g/mol. The minimum atomic E-state index is -4.53. The van der Waals surface area contributed by atoms with Crippen LogP contribution < -0.4 is 9.64 Å². The van der Waals surface area contributed by atoms with Gasteiger partial charge in [0.25, 0.3) is 5.91 Å². The van der Waals surface area contributed by atoms with Crippen LogP contribution in [0.2, 0.25) is 0 Å². The highest BCUT2D eigenvalue weighted by atomic mass is 19.4. The number of benzene rings is 2. The lowest BCUT2D eigenvalue weighted by Gasteiger charge is -2.36. The van der Waals surface area contributed by atoms with Crippen molar-refractivity contribution in [3.8, 4) is 16.9 Å². The third-order valence-electron chi connectivity index (χ3n) is 7.09. The second kappa shape index (κ2) is 10.2. The number of aromatic amines is 1. The molecule has 5 rings (SSSR count). The molecule has 2 aromatic carbocycles. The Morgan fingerprint density at radius 3 is 2.44 bits per heavy atom. The van der Waals surface area contributed by atoms with Gasteiger partial charge in [-0.15, -0.1) is 0 Å². The number of aromatic nitrogens is 2. The fourth-order valence-corrected chi connectivity index (χ4v) is 5.07. The highest BCUT2D eigenvalue weighted by molar-refractivity contribution is 6.04. The van der Waals surface area contributed by atoms with Crippen molar-refractivity contribution < 1.29 is 28.5 Å². The molecule has 39 heavy (non-hydrogen) atoms. The molecule has 4 aromatic rings. The summed E-state index contributed by atoms with van der Waals surface area (Å²) in [5.74, 6) is -0.395. The van der Waals surface area contributed by atoms with E-state index < -0.39 is 17.6 Å². The summed E-state index contributed by atoms with van der Waals surface area (Å²) in [7, 11) is 1.57. The quantitative estimate of drug-likeness (QED) is 0.284. The van der Waals surface area contributed by atoms with Gasteiger partial charge >= 0.3 is 6.18 Å². The van der Waals surface area contributed by atoms with Gasteiger partial charge in [-0.1, -0.05) is 32.0 Å². The number of para-hydroxylation sites is 1. The molecular weight excluding hydrogens is 512 g/mol. The molecule has 0 radical (unpaired) electrons. The number of ether oxygens (including phenoxy) is 1. The van der Waals surface area contributed by atoms with Crippen LogP contribution in [0.25, 0.3) is 22.0 Å². The smallest absolute Gasteiger partial charge is 0.419 e. The zero-order valence-corrected chi connectivity index (χ0v) is 21.8. The number of halogens is 4. The number of nitrogens with zero attached hydrogens (tertiary/aromatic N) is 3. The number of amides is 1. The van der Waals surface area contributed by atoms with E-state index in [4.69, 9.17) is 4.74 Å². The molecule has 0 aliphatic carbocycles. The number of carbonyl (C=O) groups is 1. The van der Waals surface area contributed by atoms with Gasteiger partial charge in [0.1, 0.15) is 17.3 Å². The largest absolute Gasteiger partial charge is 0.496 e. The molecule has 0 saturated carbocycles. The van der Waals surface area contributed by atoms with Gasteiger partial charge in [-0.25, -0.2) is 9.37 Å². The SMILES string of the molecule is COc1ccccc1-c1cc(C(C)C)c(F)c2[nH]c(C(=O)N3CCN(c4ncccc4C(F)(F)F)CC3)cc12.[HH]. The van der Waals surface area contributed by atoms with E-state index in [-0.39, 0.29) is 56.5 Å². The number of carbonyl (C=O) groups excluding carboxylic acids is 1. The summed E-state index contributed by atoms with van der Waals surface area (Å²) in [5.41, 5.74) is 1.65. The molecule has 1 aliphatic heterocycles. The van der Waals surface area contributed by atoms with Crippen molar-refractivity contribution in [2.75, 3.05) is 38.2 Å². The molecule has 1 fully saturated rings. The molecule has 1 aliphatic rings. The van der Waals surface area contributed by atoms with Gasteiger partial charge in [-0.3, -0.25) is 4.79 Å². The van der Waals surface area contributed by atoms with E-state index in [1.54, 1.807) is 24.1 Å². The van der Waals surface area contributed by atoms with Crippen molar-refractivity contribution in [3.63, 3.8) is 0 Å². The molecule has 10 heteroatoms. The first-order valence-corrected chi connectivity index (χ1v) is 12.6. The second-order valence-corrected chi connectivity index (χ2v) is 9.81. The summed E-state index contributed by atoms with van der Waals surface area (Å²) >= 11 is 0. The van der Waals surface area contributed by atoms with Crippen LogP contribution in [0, 0.1) is 5.82 Å². The maximum Gasteiger partial charge on any atom is 0.419 e. The number of alkyl halides is 3. The average Bonchev–Trinajstić information content (AvgIpc) is 3.38. The highest BCUT2D eigenvalue weighted by Crippen LogP contribution is 2.40. The van der Waals surface area contributed by atoms with Crippen molar-refractivity contribution in [2.24, 2.45) is 0 Å². The van der Waals surface area contributed by atoms with Crippen LogP contribution in [0.15, 0.2) is 54.7 Å². The third kappa shape index (κ3) is 4.91. The maximum atomic E-state index is 15.6. The Hall–Kier alpha value is -4.08. The number of hydrogen-bond donors (Lipinski definition) is 1. The molecule has 0 spiro atoms. The number of fused-ring (bicyclic) bond motifs is 1. The van der Waals surface area contributed by atoms with Crippen LogP contribution in [-0.2, 0) is 6.18 Å². The van der Waals surface area contributed by atoms with Gasteiger partial charge in [-0.2, -0.15) is 13.2 Å². The molecule has 3 heterocycles. The highest BCUT2D eigenvalue weighted by Gasteiger charge is 2.36. The van der Waals surface area contributed by atoms with Gasteiger partial charge in [-0.05, 0) is 47.4 Å². The molecule has 1 amide bonds. The number of pyridine rings is 1. The zero-order valence-electron chi connectivity index (χ0n) is 21.8. The van der Waals surface area contributed by atoms with Crippen LogP contribution in [0.1, 0.15) is 42.8 Å². The number of rotatable bonds is 5. The van der Waals surface area contributed by atoms with Crippen LogP contribution in [-0.4, -0.2) is 54.1 Å². The lowest BCUT2D eigenvalue weighted by Crippen LogP contribution is -2.49. The molecule has 6 nitrogen and oxygen atoms in total. The summed E-state index contributed by atoms with van der Waals surface area (Å²) in [6.45, 7) is 4.56. The predicted molar refractivity (Wildman–Crippen MR) is 144 cm³/mol. The summed E-state index contributed by atoms with van der Waals surface area (Å²) in [6.07, 6.45) is -3.20. The topological polar surface area (TPSA) is 61.5 Å². The molecule has 206 valence electrons. The Bertz CT molecular complexity index is 1530. The van der Waals surface area contributed by atoms with Crippen molar-refractivity contribution >= 4 is 22.6 Å². The van der Waals surface area contributed by atoms with Crippen molar-refractivity contribution in [2.45, 2.75) is 25.9 Å². The summed E-state index contributed by atoms with van der Waals surface area (Å²) in [6, 6.07) is 13.1. The van der Waals surface area contributed by atoms with Crippen molar-refractivity contribution in [1.82, 2.24) is 14.9 Å². The van der Waals surface area contributed by atoms with Gasteiger partial charge in [0, 0.05) is 44.8 Å². The fourth-order valence-electron chi connectivity index (χ4n) is 5.07. The van der Waals surface area contributed by atoms with Crippen LogP contribution in [0.4, 0.5) is 23.4 Å². The Balaban J connectivity index is 0.00000370. The normalized spacial score (nSPS) is 14.4. The van der Waals surface area contributed by atoms with Gasteiger partial charge < -0.3 is 19.5 Å². The maximum absolute atomic E-state index is 15.6. The standard InChI is InChI=1S/C29H28F4N4O2.H2/c1-17(2)19-15-20(18-7-4-5-9-24(18)39-3)21-16-23(35-26(21)25(19)30)28(38)37-13-11-36(12-14-37)27-22(29(31,32)33)8-6-10-34-27;/h4-10,15-17,35H,11-14H2,1-3H3;1H. The lowest BCUT2D eigenvalue weighted by molar-refractivity contribution is -0.137. The zero-order chi connectivity index (χ0) is 27.9. The van der Waals surface area contributed by atoms with E-state index in [0.717, 1.165) is 17.2 Å². The molecule has 0 atom stereocenters. The Kier molecular flexibility index (Phi) is 6.96. The Morgan fingerprint density at radius 2 is 1.77 bits per heavy atom. The first-order valence-electron chi connectivity index (χ1n) is 12.6. The minimum Gasteiger partial charge on any atom is -0.496 e. The van der Waals surface area contributed by atoms with Crippen LogP contribution >= 0.6 is 0 Å². The third-order valence-corrected chi connectivity index (χ3v) is 7.09. The van der Waals surface area contributed by atoms with E-state index in [2.05, 4.69) is 9.97 Å². The summed E-state index contributed by atoms with van der Waals surface area (Å²) in [4.78, 5) is 23.5. The number of hydrogen-bond acceptors (Lipinski definition) is 4. The molecule has 1 N–H and O–H groups in total. The van der Waals surface area contributed by atoms with E-state index >= 15 is 4.39 Å². The molecule has 1 saturated heterocycles. The Morgan fingerprint density at radius 1 is 1.05 bits per heavy atom. The van der Waals surface area contributed by atoms with Crippen molar-refractivity contribution in [3.05, 3.63) is 77.4 Å². The van der Waals surface area contributed by atoms with E-state index in [9.17, 15) is 18.0 Å². The fraction of sp³-hybridized carbons (Fsp3) is 0.310. The van der Waals surface area contributed by atoms with Gasteiger partial charge in [0.2, 0.25) is 0 Å². The van der Waals surface area contributed by atoms with Gasteiger partial charge in [0.05, 0.1) is 18.2 Å². The monoisotopic (exact) mass is 542 g/mol.